The van der Waals surface area contributed by atoms with Crippen LogP contribution in [0.4, 0.5) is 5.69 Å². The van der Waals surface area contributed by atoms with Gasteiger partial charge in [0.15, 0.2) is 0 Å². The lowest BCUT2D eigenvalue weighted by Crippen LogP contribution is -2.64. The highest BCUT2D eigenvalue weighted by atomic mass is 16.5. The van der Waals surface area contributed by atoms with E-state index in [9.17, 15) is 4.79 Å². The zero-order valence-electron chi connectivity index (χ0n) is 21.5. The summed E-state index contributed by atoms with van der Waals surface area (Å²) in [6.45, 7) is 5.56. The summed E-state index contributed by atoms with van der Waals surface area (Å²) < 4.78 is 7.83. The molecule has 1 aromatic heterocycles. The minimum Gasteiger partial charge on any atom is -0.357 e. The number of aromatic nitrogens is 2. The number of benzene rings is 2. The molecule has 4 heterocycles. The van der Waals surface area contributed by atoms with Crippen molar-refractivity contribution in [1.82, 2.24) is 19.6 Å². The summed E-state index contributed by atoms with van der Waals surface area (Å²) >= 11 is 0. The van der Waals surface area contributed by atoms with Crippen LogP contribution < -0.4 is 0 Å². The maximum atomic E-state index is 12.9. The highest BCUT2D eigenvalue weighted by Gasteiger charge is 2.42. The second-order valence-corrected chi connectivity index (χ2v) is 10.6. The topological polar surface area (TPSA) is 63.0 Å². The van der Waals surface area contributed by atoms with E-state index < -0.39 is 0 Å². The number of aliphatic imine (C=N–C) groups is 1. The summed E-state index contributed by atoms with van der Waals surface area (Å²) in [6, 6.07) is 16.8. The van der Waals surface area contributed by atoms with Gasteiger partial charge in [-0.3, -0.25) is 4.79 Å². The fourth-order valence-corrected chi connectivity index (χ4v) is 5.72. The van der Waals surface area contributed by atoms with Gasteiger partial charge in [-0.1, -0.05) is 42.5 Å². The number of rotatable bonds is 6. The van der Waals surface area contributed by atoms with Crippen molar-refractivity contribution in [3.05, 3.63) is 72.1 Å². The molecule has 192 valence electrons. The number of fused-ring (bicyclic) bond motifs is 1. The number of aryl methyl sites for hydroxylation is 1. The van der Waals surface area contributed by atoms with Crippen LogP contribution in [0.2, 0.25) is 0 Å². The molecule has 3 aromatic rings. The van der Waals surface area contributed by atoms with Crippen LogP contribution in [0.25, 0.3) is 11.1 Å². The summed E-state index contributed by atoms with van der Waals surface area (Å²) in [7, 11) is 0. The van der Waals surface area contributed by atoms with Crippen molar-refractivity contribution in [3.63, 3.8) is 0 Å². The zero-order chi connectivity index (χ0) is 25.2. The maximum absolute atomic E-state index is 12.9. The molecule has 7 nitrogen and oxygen atoms in total. The van der Waals surface area contributed by atoms with Crippen molar-refractivity contribution in [2.24, 2.45) is 10.9 Å². The number of nitrogens with zero attached hydrogens (tertiary/aromatic N) is 5. The van der Waals surface area contributed by atoms with E-state index in [1.165, 1.54) is 6.42 Å². The van der Waals surface area contributed by atoms with Gasteiger partial charge >= 0.3 is 0 Å². The predicted molar refractivity (Wildman–Crippen MR) is 145 cm³/mol. The molecule has 0 aliphatic carbocycles. The van der Waals surface area contributed by atoms with E-state index in [0.717, 1.165) is 73.4 Å². The second-order valence-electron chi connectivity index (χ2n) is 10.6. The van der Waals surface area contributed by atoms with Crippen molar-refractivity contribution in [3.8, 4) is 11.1 Å². The monoisotopic (exact) mass is 497 g/mol. The lowest BCUT2D eigenvalue weighted by Gasteiger charge is -2.52. The minimum atomic E-state index is 0.0411. The van der Waals surface area contributed by atoms with Gasteiger partial charge in [-0.25, -0.2) is 9.67 Å². The van der Waals surface area contributed by atoms with Crippen LogP contribution >= 0.6 is 0 Å². The number of carbonyl (C=O) groups excluding carboxylic acids is 1. The molecule has 3 aliphatic rings. The molecule has 3 saturated heterocycles. The average Bonchev–Trinajstić information content (AvgIpc) is 3.42. The number of hydrogen-bond acceptors (Lipinski definition) is 4. The molecule has 37 heavy (non-hydrogen) atoms. The first kappa shape index (κ1) is 23.9. The summed E-state index contributed by atoms with van der Waals surface area (Å²) in [5.41, 5.74) is 5.37. The van der Waals surface area contributed by atoms with Crippen LogP contribution in [0, 0.1) is 12.8 Å². The van der Waals surface area contributed by atoms with Crippen LogP contribution in [-0.4, -0.2) is 64.1 Å². The second kappa shape index (κ2) is 10.5. The van der Waals surface area contributed by atoms with Crippen LogP contribution in [0.15, 0.2) is 65.9 Å². The molecule has 2 aromatic carbocycles. The van der Waals surface area contributed by atoms with Crippen molar-refractivity contribution in [1.29, 1.82) is 0 Å². The molecule has 7 heteroatoms. The van der Waals surface area contributed by atoms with Gasteiger partial charge in [-0.05, 0) is 55.4 Å². The summed E-state index contributed by atoms with van der Waals surface area (Å²) in [5, 5.41) is 4.57. The van der Waals surface area contributed by atoms with Gasteiger partial charge in [0.25, 0.3) is 0 Å². The molecule has 0 saturated carbocycles. The van der Waals surface area contributed by atoms with Gasteiger partial charge < -0.3 is 14.5 Å². The summed E-state index contributed by atoms with van der Waals surface area (Å²) in [4.78, 5) is 22.1. The number of hydrogen-bond donors (Lipinski definition) is 0. The number of piperidine rings is 1. The third-order valence-electron chi connectivity index (χ3n) is 8.08. The Balaban J connectivity index is 1.11. The highest BCUT2D eigenvalue weighted by molar-refractivity contribution is 5.79. The molecule has 3 unspecified atom stereocenters. The number of likely N-dealkylation sites (tertiary alicyclic amines) is 2. The van der Waals surface area contributed by atoms with E-state index in [-0.39, 0.29) is 12.1 Å². The third-order valence-corrected chi connectivity index (χ3v) is 8.08. The van der Waals surface area contributed by atoms with Crippen molar-refractivity contribution in [2.45, 2.75) is 51.3 Å². The van der Waals surface area contributed by atoms with Crippen LogP contribution in [0.5, 0.6) is 0 Å². The van der Waals surface area contributed by atoms with Crippen molar-refractivity contribution in [2.75, 3.05) is 26.2 Å². The first-order chi connectivity index (χ1) is 18.1. The normalized spacial score (nSPS) is 23.6. The van der Waals surface area contributed by atoms with Crippen LogP contribution in [0.3, 0.4) is 0 Å². The summed E-state index contributed by atoms with van der Waals surface area (Å²) in [6.07, 6.45) is 10.9. The Bertz CT molecular complexity index is 1260. The zero-order valence-corrected chi connectivity index (χ0v) is 21.5. The van der Waals surface area contributed by atoms with Gasteiger partial charge in [0.1, 0.15) is 6.23 Å². The van der Waals surface area contributed by atoms with Gasteiger partial charge in [0.2, 0.25) is 5.91 Å². The highest BCUT2D eigenvalue weighted by Crippen LogP contribution is 2.33. The van der Waals surface area contributed by atoms with E-state index in [1.54, 1.807) is 0 Å². The van der Waals surface area contributed by atoms with Gasteiger partial charge in [0.05, 0.1) is 30.7 Å². The largest absolute Gasteiger partial charge is 0.357 e. The van der Waals surface area contributed by atoms with Crippen molar-refractivity contribution < 1.29 is 9.53 Å². The minimum absolute atomic E-state index is 0.0411. The molecule has 3 fully saturated rings. The maximum Gasteiger partial charge on any atom is 0.227 e. The van der Waals surface area contributed by atoms with Gasteiger partial charge in [-0.2, -0.15) is 5.10 Å². The summed E-state index contributed by atoms with van der Waals surface area (Å²) in [5.74, 6) is 0.864. The van der Waals surface area contributed by atoms with Gasteiger partial charge in [-0.15, -0.1) is 0 Å². The molecule has 0 N–H and O–H groups in total. The predicted octanol–water partition coefficient (Wildman–Crippen LogP) is 4.99. The Hall–Kier alpha value is -3.45. The van der Waals surface area contributed by atoms with E-state index in [2.05, 4.69) is 41.3 Å². The molecular formula is C30H35N5O2. The van der Waals surface area contributed by atoms with Gasteiger partial charge in [0, 0.05) is 43.9 Å². The smallest absolute Gasteiger partial charge is 0.227 e. The van der Waals surface area contributed by atoms with Crippen LogP contribution in [0.1, 0.15) is 43.0 Å². The first-order valence-corrected chi connectivity index (χ1v) is 13.5. The molecule has 0 spiro atoms. The van der Waals surface area contributed by atoms with Crippen molar-refractivity contribution >= 4 is 17.9 Å². The molecule has 0 radical (unpaired) electrons. The fourth-order valence-electron chi connectivity index (χ4n) is 5.72. The first-order valence-electron chi connectivity index (χ1n) is 13.5. The molecule has 1 amide bonds. The van der Waals surface area contributed by atoms with Crippen LogP contribution in [-0.2, 0) is 16.0 Å². The molecule has 0 bridgehead atoms. The molecule has 3 aliphatic heterocycles. The number of carbonyl (C=O) groups is 1. The van der Waals surface area contributed by atoms with E-state index in [1.807, 2.05) is 52.4 Å². The Morgan fingerprint density at radius 3 is 2.84 bits per heavy atom. The van der Waals surface area contributed by atoms with E-state index >= 15 is 0 Å². The quantitative estimate of drug-likeness (QED) is 0.355. The standard InChI is InChI=1S/C30H35N5O2/c1-22-10-11-24(26-17-32-35(19-26)30-9-5-6-14-37-30)16-27(22)31-21-34-18-25-12-13-33(20-28(25)34)29(36)15-23-7-3-2-4-8-23/h2-4,7-8,10-11,16-17,19,21,25,28,30H,5-6,9,12-15,18,20H2,1H3/b31-21-. The Morgan fingerprint density at radius 2 is 2.00 bits per heavy atom. The number of ether oxygens (including phenoxy) is 1. The molecular weight excluding hydrogens is 462 g/mol. The lowest BCUT2D eigenvalue weighted by molar-refractivity contribution is -0.135. The van der Waals surface area contributed by atoms with E-state index in [0.29, 0.717) is 18.4 Å². The Morgan fingerprint density at radius 1 is 1.11 bits per heavy atom. The molecule has 3 atom stereocenters. The SMILES string of the molecule is Cc1ccc(-c2cnn(C3CCCCO3)c2)cc1/N=C\N1CC2CCN(C(=O)Cc3ccccc3)CC21. The molecule has 6 rings (SSSR count). The lowest BCUT2D eigenvalue weighted by atomic mass is 9.82. The average molecular weight is 498 g/mol. The Kier molecular flexibility index (Phi) is 6.79. The third kappa shape index (κ3) is 5.18. The number of amides is 1. The fraction of sp³-hybridized carbons (Fsp3) is 0.433. The van der Waals surface area contributed by atoms with E-state index in [4.69, 9.17) is 9.73 Å². The Labute approximate surface area is 218 Å².